The summed E-state index contributed by atoms with van der Waals surface area (Å²) in [5, 5.41) is 16.7. The molecule has 12 atom stereocenters. The Kier molecular flexibility index (Phi) is 37.5. The van der Waals surface area contributed by atoms with Crippen LogP contribution < -0.4 is 0 Å². The summed E-state index contributed by atoms with van der Waals surface area (Å²) in [6, 6.07) is 3.60. The first-order valence-electron chi connectivity index (χ1n) is 19.7. The van der Waals surface area contributed by atoms with E-state index in [9.17, 15) is 14.7 Å². The molecule has 3 aliphatic heterocycles. The molecule has 1 aromatic heterocycles. The minimum atomic E-state index is -1.70. The molecule has 0 amide bonds. The number of aromatic nitrogens is 1. The van der Waals surface area contributed by atoms with Gasteiger partial charge in [0.25, 0.3) is 0 Å². The number of aliphatic hydroxyl groups is 1. The van der Waals surface area contributed by atoms with E-state index in [2.05, 4.69) is 35.9 Å². The van der Waals surface area contributed by atoms with Gasteiger partial charge in [-0.25, -0.2) is 7.29 Å². The average molecular weight is 1970 g/mol. The molecule has 0 spiro atoms. The first kappa shape index (κ1) is 70.8. The van der Waals surface area contributed by atoms with Gasteiger partial charge in [-0.15, -0.1) is 0 Å². The molecule has 1 aromatic rings. The number of esters is 1. The Morgan fingerprint density at radius 2 is 1.71 bits per heavy atom. The van der Waals surface area contributed by atoms with E-state index in [0.29, 0.717) is 24.2 Å². The molecule has 62 heavy (non-hydrogen) atoms. The van der Waals surface area contributed by atoms with Crippen molar-refractivity contribution in [2.24, 2.45) is 22.9 Å². The van der Waals surface area contributed by atoms with Gasteiger partial charge in [-0.1, -0.05) is 57.3 Å². The Hall–Kier alpha value is 2.19. The van der Waals surface area contributed by atoms with Crippen LogP contribution in [0, 0.1) is 38.0 Å². The summed E-state index contributed by atoms with van der Waals surface area (Å²) in [5.74, 6) is -2.99. The van der Waals surface area contributed by atoms with Crippen molar-refractivity contribution in [2.75, 3.05) is 34.4 Å². The first-order chi connectivity index (χ1) is 26.3. The number of carbonyl (C=O) groups excluding carboxylic acids is 2. The van der Waals surface area contributed by atoms with Crippen molar-refractivity contribution in [3.05, 3.63) is 62.0 Å². The minimum absolute atomic E-state index is 0. The van der Waals surface area contributed by atoms with E-state index in [1.807, 2.05) is 47.9 Å². The van der Waals surface area contributed by atoms with Crippen LogP contribution in [0.1, 0.15) is 87.3 Å². The molecule has 0 saturated carbocycles. The van der Waals surface area contributed by atoms with Gasteiger partial charge in [0.1, 0.15) is 23.5 Å². The normalized spacial score (nSPS) is 33.6. The second-order valence-electron chi connectivity index (χ2n) is 16.0. The number of Topliss-reactive ketones (excluding diaryl/α,β-unsaturated/α-hetero) is 1. The van der Waals surface area contributed by atoms with Gasteiger partial charge in [0.2, 0.25) is 0 Å². The zero-order valence-electron chi connectivity index (χ0n) is 38.9. The summed E-state index contributed by atoms with van der Waals surface area (Å²) in [6.07, 6.45) is -1.49. The summed E-state index contributed by atoms with van der Waals surface area (Å²) in [5.41, 5.74) is -0.310. The molecule has 4 heterocycles. The maximum atomic E-state index is 14.4. The van der Waals surface area contributed by atoms with Crippen LogP contribution in [-0.2, 0) is 209 Å². The number of ketones is 1. The van der Waals surface area contributed by atoms with Gasteiger partial charge in [-0.3, -0.25) is 4.79 Å². The van der Waals surface area contributed by atoms with Crippen LogP contribution in [0.2, 0.25) is 0 Å². The number of hydrogen-bond donors (Lipinski definition) is 1. The number of nitrogens with zero attached hydrogens (tertiary/aromatic N) is 3. The molecule has 2 bridgehead atoms. The Labute approximate surface area is 484 Å². The molecular weight excluding hydrogens is 1900 g/mol. The van der Waals surface area contributed by atoms with Crippen LogP contribution in [0.25, 0.3) is 0 Å². The van der Waals surface area contributed by atoms with Crippen molar-refractivity contribution < 1.29 is 208 Å². The van der Waals surface area contributed by atoms with Gasteiger partial charge in [0.15, 0.2) is 18.9 Å². The molecular formula is C42H66N3O10W6Y-. The molecule has 3 saturated heterocycles. The van der Waals surface area contributed by atoms with Crippen molar-refractivity contribution in [2.45, 2.75) is 135 Å². The van der Waals surface area contributed by atoms with Gasteiger partial charge in [0.05, 0.1) is 42.8 Å². The zero-order chi connectivity index (χ0) is 42.1. The van der Waals surface area contributed by atoms with Crippen molar-refractivity contribution in [3.63, 3.8) is 0 Å². The average Bonchev–Trinajstić information content (AvgIpc) is 3.18. The predicted octanol–water partition coefficient (Wildman–Crippen LogP) is 5.31. The van der Waals surface area contributed by atoms with E-state index in [-0.39, 0.29) is 209 Å². The van der Waals surface area contributed by atoms with Gasteiger partial charge < -0.3 is 60.4 Å². The third-order valence-corrected chi connectivity index (χ3v) is 11.5. The number of likely N-dealkylation sites (N-methyl/N-ethyl adjacent to an activating group) is 1. The molecule has 3 fully saturated rings. The minimum Gasteiger partial charge on any atom is -0.481 e. The molecule has 1 N–H and O–H groups in total. The fraction of sp³-hybridized carbons (Fsp3) is 0.690. The Balaban J connectivity index is -0.00000123. The maximum Gasteiger partial charge on any atom is 2.00 e. The van der Waals surface area contributed by atoms with Crippen LogP contribution in [0.15, 0.2) is 35.6 Å². The monoisotopic (exact) mass is 1970 g/mol. The first-order valence-corrected chi connectivity index (χ1v) is 19.0. The number of oxime groups is 1. The van der Waals surface area contributed by atoms with Crippen LogP contribution >= 0.6 is 0 Å². The largest absolute Gasteiger partial charge is 2.00 e. The Bertz CT molecular complexity index is 1510. The predicted molar refractivity (Wildman–Crippen MR) is 209 cm³/mol. The molecule has 3 aliphatic rings. The third kappa shape index (κ3) is 18.5. The molecule has 1 radical (unpaired) electrons. The van der Waals surface area contributed by atoms with E-state index < -0.39 is 65.5 Å². The Morgan fingerprint density at radius 1 is 1.10 bits per heavy atom. The Morgan fingerprint density at radius 3 is 2.24 bits per heavy atom. The number of cyclic esters (lactones) is 1. The number of ether oxygens (including phenoxy) is 6. The smallest absolute Gasteiger partial charge is 0.481 e. The number of carbonyl (C=O) groups is 2. The fourth-order valence-corrected chi connectivity index (χ4v) is 8.15. The van der Waals surface area contributed by atoms with Gasteiger partial charge in [0, 0.05) is 169 Å². The van der Waals surface area contributed by atoms with E-state index in [4.69, 9.17) is 34.6 Å². The van der Waals surface area contributed by atoms with E-state index in [1.165, 1.54) is 6.92 Å². The van der Waals surface area contributed by atoms with E-state index in [0.717, 1.165) is 11.1 Å². The summed E-state index contributed by atoms with van der Waals surface area (Å²) < 4.78 is 44.3. The standard InChI is InChI=1S/C41H63N3O10.CH3.6W.Y/c1-14-33-41(10,47)37-27(6)26(5)24(3)18-40(9,50-21-31(20-49-37)43-51-22-30-16-15-23(2)19-42-30)36(28(7)34(45)29(8)38(46)53-33)54-39-35(48-13)32(44(11)12)17-25(4)52-39;;;;;;;;/h15-16,19,24-25,27-28,32-33,35-37,39,47H,2,5,14,17-18,20-22H2,1,3-4,6-13H3;1H3;;;;;;;/q-2;-1;;;;;;+2;/b43-31+;;;;;;;;/t24-,25-,27+,28+,32+,33-,35-,36-,37-,39+,40-,41-;;;;;;;;/m1......../s1/i;1T;;;;;;;. The summed E-state index contributed by atoms with van der Waals surface area (Å²) in [7, 11) is 8.09. The van der Waals surface area contributed by atoms with Crippen molar-refractivity contribution in [1.29, 1.82) is 0 Å². The number of pyridine rings is 1. The third-order valence-electron chi connectivity index (χ3n) is 11.5. The summed E-state index contributed by atoms with van der Waals surface area (Å²) in [6.45, 7) is 22.7. The molecule has 0 aromatic carbocycles. The summed E-state index contributed by atoms with van der Waals surface area (Å²) >= 11 is 0. The fourth-order valence-electron chi connectivity index (χ4n) is 8.15. The van der Waals surface area contributed by atoms with Gasteiger partial charge in [-0.05, 0) is 60.0 Å². The second-order valence-corrected chi connectivity index (χ2v) is 16.0. The topological polar surface area (TPSA) is 147 Å². The number of fused-ring (bicyclic) bond motifs is 5. The molecule has 349 valence electrons. The van der Waals surface area contributed by atoms with Crippen molar-refractivity contribution in [3.8, 4) is 0 Å². The molecule has 4 rings (SSSR count). The molecule has 13 nitrogen and oxygen atoms in total. The number of methoxy groups -OCH3 is 1. The SMILES string of the molecule is C=C1[C@H](C)C[C@@]2(C)OC/C(=N/OCc3ccc([CH2-])cn3)CO[C@H]([C@H]1C)[C@](C)(O)[C@@H](CC)OC(=O)[C-](C)C(=O)[C@H](C)[C@H]2O[C@@H]1O[C@H](C)C[C@H](N(C)C)[C@H]1OC.[3H][CH2-].[W+2].[W].[W].[W].[W].[W].[Y]. The van der Waals surface area contributed by atoms with Gasteiger partial charge >= 0.3 is 21.1 Å². The van der Waals surface area contributed by atoms with Crippen LogP contribution in [0.3, 0.4) is 0 Å². The zero-order valence-corrected chi connectivity index (χ0v) is 58.3. The number of rotatable bonds is 8. The molecule has 0 aliphatic carbocycles. The van der Waals surface area contributed by atoms with Crippen molar-refractivity contribution >= 4 is 17.5 Å². The van der Waals surface area contributed by atoms with E-state index in [1.54, 1.807) is 40.1 Å². The number of hydrogen-bond acceptors (Lipinski definition) is 13. The molecule has 0 unspecified atom stereocenters. The maximum absolute atomic E-state index is 14.4. The van der Waals surface area contributed by atoms with Gasteiger partial charge in [-0.2, -0.15) is 25.5 Å². The quantitative estimate of drug-likeness (QED) is 0.156. The summed E-state index contributed by atoms with van der Waals surface area (Å²) in [4.78, 5) is 40.4. The van der Waals surface area contributed by atoms with E-state index >= 15 is 0 Å². The van der Waals surface area contributed by atoms with Crippen LogP contribution in [-0.4, -0.2) is 121 Å². The second kappa shape index (κ2) is 32.9. The molecule has 20 heteroatoms. The van der Waals surface area contributed by atoms with Crippen LogP contribution in [0.5, 0.6) is 0 Å². The van der Waals surface area contributed by atoms with Crippen molar-refractivity contribution in [1.82, 2.24) is 9.88 Å². The van der Waals surface area contributed by atoms with Crippen LogP contribution in [0.4, 0.5) is 0 Å².